The second-order valence-corrected chi connectivity index (χ2v) is 8.01. The molecule has 8 heteroatoms. The van der Waals surface area contributed by atoms with Crippen LogP contribution in [-0.4, -0.2) is 51.3 Å². The minimum absolute atomic E-state index is 0.0865. The molecule has 3 rings (SSSR count). The molecule has 1 aliphatic rings. The zero-order valence-corrected chi connectivity index (χ0v) is 19.2. The Balaban J connectivity index is 1.50. The number of para-hydroxylation sites is 1. The number of nitrogens with one attached hydrogen (secondary N) is 2. The molecule has 0 aromatic heterocycles. The fourth-order valence-electron chi connectivity index (χ4n) is 3.38. The van der Waals surface area contributed by atoms with Crippen LogP contribution in [0.5, 0.6) is 5.75 Å². The molecule has 2 amide bonds. The Hall–Kier alpha value is -2.58. The molecule has 1 fully saturated rings. The van der Waals surface area contributed by atoms with E-state index in [1.807, 2.05) is 31.2 Å². The predicted octanol–water partition coefficient (Wildman–Crippen LogP) is 3.83. The van der Waals surface area contributed by atoms with Gasteiger partial charge in [-0.2, -0.15) is 0 Å². The third-order valence-corrected chi connectivity index (χ3v) is 5.38. The molecule has 0 radical (unpaired) electrons. The fourth-order valence-corrected chi connectivity index (χ4v) is 3.74. The number of nitrogens with zero attached hydrogens (tertiary/aromatic N) is 1. The Morgan fingerprint density at radius 3 is 2.71 bits per heavy atom. The van der Waals surface area contributed by atoms with Crippen molar-refractivity contribution in [1.29, 1.82) is 0 Å². The topological polar surface area (TPSA) is 79.9 Å². The maximum atomic E-state index is 12.5. The van der Waals surface area contributed by atoms with Crippen molar-refractivity contribution in [2.45, 2.75) is 19.8 Å². The summed E-state index contributed by atoms with van der Waals surface area (Å²) in [5.74, 6) is 0.271. The number of ether oxygens (including phenoxy) is 2. The van der Waals surface area contributed by atoms with Gasteiger partial charge in [0, 0.05) is 30.5 Å². The molecule has 7 nitrogen and oxygen atoms in total. The van der Waals surface area contributed by atoms with E-state index in [2.05, 4.69) is 31.5 Å². The zero-order chi connectivity index (χ0) is 22.1. The normalized spacial score (nSPS) is 13.5. The SMILES string of the molecule is CCOc1ccccc1C(=O)NCCCC(=O)Nc1cc(Br)ccc1N1CCOCC1. The second-order valence-electron chi connectivity index (χ2n) is 7.10. The van der Waals surface area contributed by atoms with E-state index < -0.39 is 0 Å². The molecule has 31 heavy (non-hydrogen) atoms. The van der Waals surface area contributed by atoms with Gasteiger partial charge >= 0.3 is 0 Å². The molecule has 0 aliphatic carbocycles. The van der Waals surface area contributed by atoms with Crippen molar-refractivity contribution < 1.29 is 19.1 Å². The fraction of sp³-hybridized carbons (Fsp3) is 0.391. The second kappa shape index (κ2) is 11.7. The van der Waals surface area contributed by atoms with Crippen molar-refractivity contribution in [2.75, 3.05) is 49.7 Å². The monoisotopic (exact) mass is 489 g/mol. The lowest BCUT2D eigenvalue weighted by molar-refractivity contribution is -0.116. The molecule has 2 aromatic rings. The van der Waals surface area contributed by atoms with Gasteiger partial charge in [0.25, 0.3) is 5.91 Å². The maximum Gasteiger partial charge on any atom is 0.255 e. The summed E-state index contributed by atoms with van der Waals surface area (Å²) in [5, 5.41) is 5.87. The van der Waals surface area contributed by atoms with Gasteiger partial charge in [-0.3, -0.25) is 9.59 Å². The van der Waals surface area contributed by atoms with E-state index in [9.17, 15) is 9.59 Å². The minimum Gasteiger partial charge on any atom is -0.493 e. The number of rotatable bonds is 9. The lowest BCUT2D eigenvalue weighted by Crippen LogP contribution is -2.36. The number of halogens is 1. The Morgan fingerprint density at radius 1 is 1.16 bits per heavy atom. The third-order valence-electron chi connectivity index (χ3n) is 4.88. The summed E-state index contributed by atoms with van der Waals surface area (Å²) in [6.45, 7) is 5.71. The lowest BCUT2D eigenvalue weighted by atomic mass is 10.2. The highest BCUT2D eigenvalue weighted by molar-refractivity contribution is 9.10. The number of anilines is 2. The number of carbonyl (C=O) groups excluding carboxylic acids is 2. The van der Waals surface area contributed by atoms with Gasteiger partial charge in [-0.05, 0) is 43.7 Å². The number of hydrogen-bond donors (Lipinski definition) is 2. The van der Waals surface area contributed by atoms with Gasteiger partial charge < -0.3 is 25.0 Å². The molecular weight excluding hydrogens is 462 g/mol. The first-order chi connectivity index (χ1) is 15.1. The van der Waals surface area contributed by atoms with Crippen molar-refractivity contribution in [3.05, 3.63) is 52.5 Å². The highest BCUT2D eigenvalue weighted by Crippen LogP contribution is 2.30. The van der Waals surface area contributed by atoms with Crippen molar-refractivity contribution in [2.24, 2.45) is 0 Å². The molecule has 0 bridgehead atoms. The lowest BCUT2D eigenvalue weighted by Gasteiger charge is -2.30. The summed E-state index contributed by atoms with van der Waals surface area (Å²) in [6, 6.07) is 13.0. The molecule has 2 N–H and O–H groups in total. The van der Waals surface area contributed by atoms with Crippen LogP contribution in [-0.2, 0) is 9.53 Å². The van der Waals surface area contributed by atoms with Crippen LogP contribution >= 0.6 is 15.9 Å². The quantitative estimate of drug-likeness (QED) is 0.523. The van der Waals surface area contributed by atoms with Gasteiger partial charge in [-0.25, -0.2) is 0 Å². The molecule has 2 aromatic carbocycles. The van der Waals surface area contributed by atoms with Crippen molar-refractivity contribution in [3.63, 3.8) is 0 Å². The molecule has 0 saturated carbocycles. The van der Waals surface area contributed by atoms with Crippen molar-refractivity contribution >= 4 is 39.1 Å². The van der Waals surface area contributed by atoms with Crippen LogP contribution in [0.2, 0.25) is 0 Å². The Morgan fingerprint density at radius 2 is 1.94 bits per heavy atom. The molecule has 0 spiro atoms. The maximum absolute atomic E-state index is 12.5. The average molecular weight is 490 g/mol. The van der Waals surface area contributed by atoms with Gasteiger partial charge in [0.15, 0.2) is 0 Å². The largest absolute Gasteiger partial charge is 0.493 e. The standard InChI is InChI=1S/C23H28BrN3O4/c1-2-31-21-7-4-3-6-18(21)23(29)25-11-5-8-22(28)26-19-16-17(24)9-10-20(19)27-12-14-30-15-13-27/h3-4,6-7,9-10,16H,2,5,8,11-15H2,1H3,(H,25,29)(H,26,28). The first-order valence-electron chi connectivity index (χ1n) is 10.5. The van der Waals surface area contributed by atoms with Gasteiger partial charge in [-0.15, -0.1) is 0 Å². The summed E-state index contributed by atoms with van der Waals surface area (Å²) < 4.78 is 11.8. The van der Waals surface area contributed by atoms with Crippen molar-refractivity contribution in [1.82, 2.24) is 5.32 Å². The van der Waals surface area contributed by atoms with E-state index >= 15 is 0 Å². The zero-order valence-electron chi connectivity index (χ0n) is 17.7. The molecule has 0 atom stereocenters. The van der Waals surface area contributed by atoms with Gasteiger partial charge in [0.1, 0.15) is 5.75 Å². The summed E-state index contributed by atoms with van der Waals surface area (Å²) in [6.07, 6.45) is 0.845. The van der Waals surface area contributed by atoms with Crippen molar-refractivity contribution in [3.8, 4) is 5.75 Å². The van der Waals surface area contributed by atoms with Gasteiger partial charge in [0.05, 0.1) is 36.8 Å². The number of carbonyl (C=O) groups is 2. The first kappa shape index (κ1) is 23.1. The smallest absolute Gasteiger partial charge is 0.255 e. The van der Waals surface area contributed by atoms with Crippen LogP contribution in [0.4, 0.5) is 11.4 Å². The molecular formula is C23H28BrN3O4. The van der Waals surface area contributed by atoms with E-state index in [1.54, 1.807) is 18.2 Å². The van der Waals surface area contributed by atoms with Gasteiger partial charge in [0.2, 0.25) is 5.91 Å². The minimum atomic E-state index is -0.203. The summed E-state index contributed by atoms with van der Waals surface area (Å²) in [4.78, 5) is 27.1. The summed E-state index contributed by atoms with van der Waals surface area (Å²) in [7, 11) is 0. The number of hydrogen-bond acceptors (Lipinski definition) is 5. The van der Waals surface area contributed by atoms with E-state index in [4.69, 9.17) is 9.47 Å². The average Bonchev–Trinajstić information content (AvgIpc) is 2.78. The van der Waals surface area contributed by atoms with E-state index in [0.717, 1.165) is 28.9 Å². The van der Waals surface area contributed by atoms with Crippen LogP contribution in [0, 0.1) is 0 Å². The molecule has 0 unspecified atom stereocenters. The van der Waals surface area contributed by atoms with Crippen LogP contribution in [0.1, 0.15) is 30.1 Å². The predicted molar refractivity (Wildman–Crippen MR) is 125 cm³/mol. The summed E-state index contributed by atoms with van der Waals surface area (Å²) >= 11 is 3.48. The molecule has 166 valence electrons. The Bertz CT molecular complexity index is 900. The van der Waals surface area contributed by atoms with E-state index in [0.29, 0.717) is 50.5 Å². The molecule has 1 heterocycles. The third kappa shape index (κ3) is 6.70. The number of benzene rings is 2. The highest BCUT2D eigenvalue weighted by Gasteiger charge is 2.17. The number of morpholine rings is 1. The molecule has 1 saturated heterocycles. The van der Waals surface area contributed by atoms with Crippen LogP contribution in [0.3, 0.4) is 0 Å². The molecule has 1 aliphatic heterocycles. The Kier molecular flexibility index (Phi) is 8.73. The number of amides is 2. The van der Waals surface area contributed by atoms with Crippen LogP contribution in [0.25, 0.3) is 0 Å². The Labute approximate surface area is 191 Å². The van der Waals surface area contributed by atoms with Crippen LogP contribution < -0.4 is 20.3 Å². The first-order valence-corrected chi connectivity index (χ1v) is 11.3. The van der Waals surface area contributed by atoms with Gasteiger partial charge in [-0.1, -0.05) is 28.1 Å². The van der Waals surface area contributed by atoms with Crippen LogP contribution in [0.15, 0.2) is 46.9 Å². The highest BCUT2D eigenvalue weighted by atomic mass is 79.9. The van der Waals surface area contributed by atoms with E-state index in [-0.39, 0.29) is 11.8 Å². The summed E-state index contributed by atoms with van der Waals surface area (Å²) in [5.41, 5.74) is 2.26. The van der Waals surface area contributed by atoms with E-state index in [1.165, 1.54) is 0 Å².